The van der Waals surface area contributed by atoms with Crippen molar-refractivity contribution in [2.24, 2.45) is 0 Å². The molecular weight excluding hydrogens is 348 g/mol. The molecule has 1 N–H and O–H groups in total. The molecule has 0 radical (unpaired) electrons. The number of nitrogens with zero attached hydrogens (tertiary/aromatic N) is 1. The highest BCUT2D eigenvalue weighted by Crippen LogP contribution is 2.33. The molecule has 1 aliphatic rings. The number of halogens is 1. The number of ketones is 1. The Bertz CT molecular complexity index is 888. The second-order valence-corrected chi connectivity index (χ2v) is 6.85. The number of carbonyl (C=O) groups excluding carboxylic acids is 2. The summed E-state index contributed by atoms with van der Waals surface area (Å²) in [6, 6.07) is 11.8. The molecule has 0 saturated carbocycles. The lowest BCUT2D eigenvalue weighted by Gasteiger charge is -2.30. The molecule has 3 rings (SSSR count). The maximum absolute atomic E-state index is 12.6. The van der Waals surface area contributed by atoms with E-state index in [2.05, 4.69) is 5.32 Å². The van der Waals surface area contributed by atoms with Crippen LogP contribution < -0.4 is 10.7 Å². The molecule has 0 spiro atoms. The molecule has 122 valence electrons. The molecule has 0 aromatic heterocycles. The molecule has 2 aromatic rings. The van der Waals surface area contributed by atoms with Crippen molar-refractivity contribution in [3.05, 3.63) is 69.3 Å². The van der Waals surface area contributed by atoms with Crippen LogP contribution in [0.3, 0.4) is 0 Å². The summed E-state index contributed by atoms with van der Waals surface area (Å²) in [7, 11) is 1.67. The molecule has 24 heavy (non-hydrogen) atoms. The maximum Gasteiger partial charge on any atom is 0.250 e. The minimum Gasteiger partial charge on any atom is -0.321 e. The monoisotopic (exact) mass is 360 g/mol. The molecule has 0 aliphatic carbocycles. The van der Waals surface area contributed by atoms with Crippen molar-refractivity contribution in [3.8, 4) is 0 Å². The molecule has 5 nitrogen and oxygen atoms in total. The smallest absolute Gasteiger partial charge is 0.250 e. The van der Waals surface area contributed by atoms with E-state index in [1.807, 2.05) is 12.1 Å². The Balaban J connectivity index is 1.90. The Kier molecular flexibility index (Phi) is 4.71. The predicted molar refractivity (Wildman–Crippen MR) is 94.5 cm³/mol. The first-order chi connectivity index (χ1) is 11.5. The van der Waals surface area contributed by atoms with E-state index < -0.39 is 11.9 Å². The van der Waals surface area contributed by atoms with Gasteiger partial charge in [0.15, 0.2) is 11.8 Å². The second kappa shape index (κ2) is 6.76. The number of likely N-dealkylation sites (N-methyl/N-ethyl adjacent to an activating group) is 1. The second-order valence-electron chi connectivity index (χ2n) is 5.22. The lowest BCUT2D eigenvalue weighted by molar-refractivity contribution is -0.118. The van der Waals surface area contributed by atoms with Crippen LogP contribution in [0.1, 0.15) is 10.4 Å². The van der Waals surface area contributed by atoms with Crippen molar-refractivity contribution in [1.29, 1.82) is 0 Å². The SMILES string of the molecule is CN1Sc2ccccc2C(=O)C1C(=O)Nc1ccc(Cl)ccc1=O. The minimum atomic E-state index is -1.01. The van der Waals surface area contributed by atoms with Crippen LogP contribution in [0, 0.1) is 0 Å². The van der Waals surface area contributed by atoms with E-state index in [4.69, 9.17) is 11.6 Å². The van der Waals surface area contributed by atoms with Crippen molar-refractivity contribution in [1.82, 2.24) is 4.31 Å². The zero-order valence-corrected chi connectivity index (χ0v) is 14.2. The Labute approximate surface area is 147 Å². The van der Waals surface area contributed by atoms with Crippen LogP contribution in [0.2, 0.25) is 5.02 Å². The van der Waals surface area contributed by atoms with Gasteiger partial charge in [0.1, 0.15) is 0 Å². The molecule has 0 fully saturated rings. The van der Waals surface area contributed by atoms with Crippen molar-refractivity contribution in [3.63, 3.8) is 0 Å². The average Bonchev–Trinajstić information content (AvgIpc) is 2.70. The fourth-order valence-electron chi connectivity index (χ4n) is 2.40. The summed E-state index contributed by atoms with van der Waals surface area (Å²) in [6.07, 6.45) is 0. The van der Waals surface area contributed by atoms with Crippen LogP contribution in [-0.4, -0.2) is 29.1 Å². The highest BCUT2D eigenvalue weighted by atomic mass is 35.5. The van der Waals surface area contributed by atoms with Crippen molar-refractivity contribution < 1.29 is 9.59 Å². The number of amides is 1. The third-order valence-electron chi connectivity index (χ3n) is 3.58. The molecule has 1 atom stereocenters. The zero-order chi connectivity index (χ0) is 17.3. The first-order valence-corrected chi connectivity index (χ1v) is 8.27. The van der Waals surface area contributed by atoms with Gasteiger partial charge in [0.05, 0.1) is 5.69 Å². The Hall–Kier alpha value is -2.15. The Morgan fingerprint density at radius 3 is 2.62 bits per heavy atom. The number of nitrogens with one attached hydrogen (secondary N) is 1. The van der Waals surface area contributed by atoms with Crippen LogP contribution >= 0.6 is 23.5 Å². The normalized spacial score (nSPS) is 17.2. The third-order valence-corrected chi connectivity index (χ3v) is 4.89. The number of benzene rings is 1. The Morgan fingerprint density at radius 1 is 1.12 bits per heavy atom. The van der Waals surface area contributed by atoms with E-state index >= 15 is 0 Å². The van der Waals surface area contributed by atoms with Gasteiger partial charge in [-0.05, 0) is 49.3 Å². The highest BCUT2D eigenvalue weighted by molar-refractivity contribution is 7.97. The van der Waals surface area contributed by atoms with Crippen molar-refractivity contribution in [2.75, 3.05) is 12.4 Å². The summed E-state index contributed by atoms with van der Waals surface area (Å²) in [4.78, 5) is 38.0. The number of carbonyl (C=O) groups is 2. The zero-order valence-electron chi connectivity index (χ0n) is 12.7. The quantitative estimate of drug-likeness (QED) is 0.659. The van der Waals surface area contributed by atoms with E-state index in [1.165, 1.54) is 36.2 Å². The van der Waals surface area contributed by atoms with Gasteiger partial charge < -0.3 is 5.32 Å². The molecule has 2 aromatic carbocycles. The first kappa shape index (κ1) is 16.7. The maximum atomic E-state index is 12.6. The van der Waals surface area contributed by atoms with Gasteiger partial charge in [0.2, 0.25) is 5.43 Å². The van der Waals surface area contributed by atoms with E-state index in [9.17, 15) is 14.4 Å². The van der Waals surface area contributed by atoms with Gasteiger partial charge in [-0.15, -0.1) is 0 Å². The van der Waals surface area contributed by atoms with Crippen LogP contribution in [0.5, 0.6) is 0 Å². The number of anilines is 1. The molecule has 1 amide bonds. The molecular formula is C17H13ClN2O3S. The predicted octanol–water partition coefficient (Wildman–Crippen LogP) is 2.84. The number of fused-ring (bicyclic) bond motifs is 1. The summed E-state index contributed by atoms with van der Waals surface area (Å²) < 4.78 is 1.58. The largest absolute Gasteiger partial charge is 0.321 e. The molecule has 1 heterocycles. The molecule has 7 heteroatoms. The van der Waals surface area contributed by atoms with Crippen LogP contribution in [0.15, 0.2) is 58.2 Å². The van der Waals surface area contributed by atoms with Gasteiger partial charge in [-0.1, -0.05) is 29.8 Å². The van der Waals surface area contributed by atoms with Crippen LogP contribution in [0.4, 0.5) is 5.69 Å². The highest BCUT2D eigenvalue weighted by Gasteiger charge is 2.37. The lowest BCUT2D eigenvalue weighted by atomic mass is 10.0. The summed E-state index contributed by atoms with van der Waals surface area (Å²) >= 11 is 7.16. The molecule has 0 bridgehead atoms. The molecule has 1 aliphatic heterocycles. The summed E-state index contributed by atoms with van der Waals surface area (Å²) in [5.41, 5.74) is 0.205. The van der Waals surface area contributed by atoms with Gasteiger partial charge in [0.25, 0.3) is 5.91 Å². The van der Waals surface area contributed by atoms with Gasteiger partial charge in [-0.25, -0.2) is 4.31 Å². The fraction of sp³-hybridized carbons (Fsp3) is 0.118. The number of hydrogen-bond donors (Lipinski definition) is 1. The van der Waals surface area contributed by atoms with Crippen molar-refractivity contribution in [2.45, 2.75) is 10.9 Å². The Morgan fingerprint density at radius 2 is 1.83 bits per heavy atom. The van der Waals surface area contributed by atoms with Crippen LogP contribution in [-0.2, 0) is 4.79 Å². The third kappa shape index (κ3) is 3.21. The van der Waals surface area contributed by atoms with E-state index in [0.29, 0.717) is 10.6 Å². The number of rotatable bonds is 2. The number of Topliss-reactive ketones (excluding diaryl/α,β-unsaturated/α-hetero) is 1. The van der Waals surface area contributed by atoms with E-state index in [1.54, 1.807) is 23.5 Å². The van der Waals surface area contributed by atoms with Crippen LogP contribution in [0.25, 0.3) is 0 Å². The average molecular weight is 361 g/mol. The topological polar surface area (TPSA) is 66.5 Å². The molecule has 1 unspecified atom stereocenters. The van der Waals surface area contributed by atoms with Gasteiger partial charge in [-0.2, -0.15) is 0 Å². The van der Waals surface area contributed by atoms with Gasteiger partial charge in [0, 0.05) is 15.5 Å². The van der Waals surface area contributed by atoms with Crippen molar-refractivity contribution >= 4 is 40.9 Å². The summed E-state index contributed by atoms with van der Waals surface area (Å²) in [6.45, 7) is 0. The molecule has 0 saturated heterocycles. The standard InChI is InChI=1S/C17H13ClN2O3S/c1-20-15(16(22)11-4-2-3-5-14(11)24-20)17(23)19-12-8-6-10(18)7-9-13(12)21/h2-9,15H,1H3,(H,19,21,23). The first-order valence-electron chi connectivity index (χ1n) is 7.12. The number of hydrogen-bond acceptors (Lipinski definition) is 5. The summed E-state index contributed by atoms with van der Waals surface area (Å²) in [5.74, 6) is -0.848. The van der Waals surface area contributed by atoms with Gasteiger partial charge >= 0.3 is 0 Å². The van der Waals surface area contributed by atoms with Gasteiger partial charge in [-0.3, -0.25) is 14.4 Å². The summed E-state index contributed by atoms with van der Waals surface area (Å²) in [5, 5.41) is 2.91. The lowest BCUT2D eigenvalue weighted by Crippen LogP contribution is -2.47. The minimum absolute atomic E-state index is 0.0805. The van der Waals surface area contributed by atoms with E-state index in [-0.39, 0.29) is 16.9 Å². The van der Waals surface area contributed by atoms with E-state index in [0.717, 1.165) is 4.90 Å². The fourth-order valence-corrected chi connectivity index (χ4v) is 3.54.